The highest BCUT2D eigenvalue weighted by Gasteiger charge is 2.35. The third-order valence-corrected chi connectivity index (χ3v) is 6.31. The standard InChI is InChI=1S/C18H36N2S/c1-16(2)13-19-14-18(7-5-17(3)6-8-18)15-20-9-4-11-21-12-10-20/h16-17,19H,4-15H2,1-3H3. The van der Waals surface area contributed by atoms with Gasteiger partial charge in [-0.25, -0.2) is 0 Å². The maximum absolute atomic E-state index is 3.78. The largest absolute Gasteiger partial charge is 0.316 e. The summed E-state index contributed by atoms with van der Waals surface area (Å²) in [5, 5.41) is 3.78. The Morgan fingerprint density at radius 3 is 2.67 bits per heavy atom. The molecule has 0 aromatic heterocycles. The van der Waals surface area contributed by atoms with Crippen molar-refractivity contribution < 1.29 is 0 Å². The van der Waals surface area contributed by atoms with Crippen molar-refractivity contribution >= 4 is 11.8 Å². The molecule has 0 spiro atoms. The zero-order valence-electron chi connectivity index (χ0n) is 14.5. The third-order valence-electron chi connectivity index (χ3n) is 5.26. The van der Waals surface area contributed by atoms with Gasteiger partial charge >= 0.3 is 0 Å². The molecule has 0 aromatic carbocycles. The first-order valence-electron chi connectivity index (χ1n) is 9.10. The monoisotopic (exact) mass is 312 g/mol. The molecule has 1 saturated heterocycles. The van der Waals surface area contributed by atoms with E-state index in [1.807, 2.05) is 0 Å². The second-order valence-electron chi connectivity index (χ2n) is 7.95. The van der Waals surface area contributed by atoms with Crippen LogP contribution in [0, 0.1) is 17.3 Å². The van der Waals surface area contributed by atoms with Gasteiger partial charge in [-0.2, -0.15) is 11.8 Å². The van der Waals surface area contributed by atoms with E-state index in [9.17, 15) is 0 Å². The fraction of sp³-hybridized carbons (Fsp3) is 1.00. The highest BCUT2D eigenvalue weighted by atomic mass is 32.2. The molecule has 1 N–H and O–H groups in total. The predicted molar refractivity (Wildman–Crippen MR) is 96.2 cm³/mol. The zero-order valence-corrected chi connectivity index (χ0v) is 15.3. The topological polar surface area (TPSA) is 15.3 Å². The molecular formula is C18H36N2S. The molecule has 1 heterocycles. The predicted octanol–water partition coefficient (Wildman–Crippen LogP) is 3.87. The molecule has 0 bridgehead atoms. The number of nitrogens with one attached hydrogen (secondary N) is 1. The molecule has 2 rings (SSSR count). The van der Waals surface area contributed by atoms with Gasteiger partial charge in [0.25, 0.3) is 0 Å². The molecule has 2 nitrogen and oxygen atoms in total. The highest BCUT2D eigenvalue weighted by Crippen LogP contribution is 2.39. The average molecular weight is 313 g/mol. The molecule has 21 heavy (non-hydrogen) atoms. The number of rotatable bonds is 6. The summed E-state index contributed by atoms with van der Waals surface area (Å²) in [7, 11) is 0. The molecule has 2 fully saturated rings. The molecule has 3 heteroatoms. The third kappa shape index (κ3) is 6.11. The molecule has 0 aromatic rings. The fourth-order valence-corrected chi connectivity index (χ4v) is 4.75. The SMILES string of the molecule is CC(C)CNCC1(CN2CCCSCC2)CCC(C)CC1. The van der Waals surface area contributed by atoms with Crippen LogP contribution in [0.2, 0.25) is 0 Å². The van der Waals surface area contributed by atoms with Crippen LogP contribution in [0.15, 0.2) is 0 Å². The van der Waals surface area contributed by atoms with Crippen molar-refractivity contribution in [3.63, 3.8) is 0 Å². The van der Waals surface area contributed by atoms with Crippen LogP contribution in [-0.2, 0) is 0 Å². The Hall–Kier alpha value is 0.270. The van der Waals surface area contributed by atoms with Crippen molar-refractivity contribution in [1.82, 2.24) is 10.2 Å². The highest BCUT2D eigenvalue weighted by molar-refractivity contribution is 7.99. The van der Waals surface area contributed by atoms with E-state index in [0.717, 1.165) is 11.8 Å². The van der Waals surface area contributed by atoms with E-state index >= 15 is 0 Å². The molecule has 124 valence electrons. The normalized spacial score (nSPS) is 32.3. The van der Waals surface area contributed by atoms with Crippen LogP contribution in [0.3, 0.4) is 0 Å². The van der Waals surface area contributed by atoms with Crippen molar-refractivity contribution in [2.45, 2.75) is 52.9 Å². The summed E-state index contributed by atoms with van der Waals surface area (Å²) < 4.78 is 0. The Morgan fingerprint density at radius 1 is 1.19 bits per heavy atom. The summed E-state index contributed by atoms with van der Waals surface area (Å²) in [5.41, 5.74) is 0.552. The van der Waals surface area contributed by atoms with E-state index in [-0.39, 0.29) is 0 Å². The summed E-state index contributed by atoms with van der Waals surface area (Å²) in [6, 6.07) is 0. The van der Waals surface area contributed by atoms with E-state index in [1.54, 1.807) is 0 Å². The molecule has 2 aliphatic rings. The summed E-state index contributed by atoms with van der Waals surface area (Å²) in [4.78, 5) is 2.77. The van der Waals surface area contributed by atoms with Crippen molar-refractivity contribution in [2.24, 2.45) is 17.3 Å². The molecule has 1 aliphatic heterocycles. The Kier molecular flexibility index (Phi) is 7.37. The van der Waals surface area contributed by atoms with Crippen LogP contribution in [0.4, 0.5) is 0 Å². The zero-order chi connectivity index (χ0) is 15.1. The summed E-state index contributed by atoms with van der Waals surface area (Å²) >= 11 is 2.15. The molecule has 1 saturated carbocycles. The molecule has 0 unspecified atom stereocenters. The van der Waals surface area contributed by atoms with Crippen molar-refractivity contribution in [2.75, 3.05) is 44.2 Å². The molecule has 0 amide bonds. The number of hydrogen-bond acceptors (Lipinski definition) is 3. The van der Waals surface area contributed by atoms with Gasteiger partial charge in [0.15, 0.2) is 0 Å². The maximum Gasteiger partial charge on any atom is 0.00726 e. The molecule has 0 radical (unpaired) electrons. The smallest absolute Gasteiger partial charge is 0.00726 e. The van der Waals surface area contributed by atoms with Gasteiger partial charge in [-0.05, 0) is 55.4 Å². The number of hydrogen-bond donors (Lipinski definition) is 1. The van der Waals surface area contributed by atoms with E-state index in [4.69, 9.17) is 0 Å². The number of thioether (sulfide) groups is 1. The van der Waals surface area contributed by atoms with Crippen LogP contribution < -0.4 is 5.32 Å². The molecule has 0 atom stereocenters. The van der Waals surface area contributed by atoms with Gasteiger partial charge in [0.2, 0.25) is 0 Å². The van der Waals surface area contributed by atoms with E-state index in [0.29, 0.717) is 5.41 Å². The first kappa shape index (κ1) is 17.6. The van der Waals surface area contributed by atoms with Crippen LogP contribution in [0.5, 0.6) is 0 Å². The Bertz CT molecular complexity index is 277. The van der Waals surface area contributed by atoms with Crippen LogP contribution >= 0.6 is 11.8 Å². The maximum atomic E-state index is 3.78. The summed E-state index contributed by atoms with van der Waals surface area (Å²) in [6.45, 7) is 13.5. The lowest BCUT2D eigenvalue weighted by Crippen LogP contribution is -2.47. The Balaban J connectivity index is 1.90. The Morgan fingerprint density at radius 2 is 1.95 bits per heavy atom. The first-order valence-corrected chi connectivity index (χ1v) is 10.3. The minimum absolute atomic E-state index is 0.552. The lowest BCUT2D eigenvalue weighted by Gasteiger charge is -2.43. The summed E-state index contributed by atoms with van der Waals surface area (Å²) in [6.07, 6.45) is 7.13. The quantitative estimate of drug-likeness (QED) is 0.801. The lowest BCUT2D eigenvalue weighted by molar-refractivity contribution is 0.0895. The van der Waals surface area contributed by atoms with Crippen LogP contribution in [0.1, 0.15) is 52.9 Å². The minimum Gasteiger partial charge on any atom is -0.316 e. The second-order valence-corrected chi connectivity index (χ2v) is 9.17. The average Bonchev–Trinajstić information content (AvgIpc) is 2.70. The first-order chi connectivity index (χ1) is 10.1. The second kappa shape index (κ2) is 8.79. The van der Waals surface area contributed by atoms with Crippen molar-refractivity contribution in [3.05, 3.63) is 0 Å². The van der Waals surface area contributed by atoms with Crippen LogP contribution in [0.25, 0.3) is 0 Å². The summed E-state index contributed by atoms with van der Waals surface area (Å²) in [5.74, 6) is 4.42. The molecular weight excluding hydrogens is 276 g/mol. The van der Waals surface area contributed by atoms with Crippen LogP contribution in [-0.4, -0.2) is 49.1 Å². The Labute approximate surface area is 136 Å². The van der Waals surface area contributed by atoms with Gasteiger partial charge in [-0.3, -0.25) is 0 Å². The molecule has 1 aliphatic carbocycles. The van der Waals surface area contributed by atoms with Gasteiger partial charge in [0, 0.05) is 25.4 Å². The van der Waals surface area contributed by atoms with Crippen molar-refractivity contribution in [3.8, 4) is 0 Å². The lowest BCUT2D eigenvalue weighted by atomic mass is 9.70. The van der Waals surface area contributed by atoms with E-state index in [1.165, 1.54) is 76.3 Å². The van der Waals surface area contributed by atoms with E-state index in [2.05, 4.69) is 42.7 Å². The van der Waals surface area contributed by atoms with Gasteiger partial charge in [-0.15, -0.1) is 0 Å². The van der Waals surface area contributed by atoms with Gasteiger partial charge in [0.1, 0.15) is 0 Å². The van der Waals surface area contributed by atoms with Gasteiger partial charge in [0.05, 0.1) is 0 Å². The van der Waals surface area contributed by atoms with Gasteiger partial charge in [-0.1, -0.05) is 33.6 Å². The van der Waals surface area contributed by atoms with Crippen molar-refractivity contribution in [1.29, 1.82) is 0 Å². The number of nitrogens with zero attached hydrogens (tertiary/aromatic N) is 1. The van der Waals surface area contributed by atoms with Gasteiger partial charge < -0.3 is 10.2 Å². The fourth-order valence-electron chi connectivity index (χ4n) is 3.82. The van der Waals surface area contributed by atoms with E-state index < -0.39 is 0 Å². The minimum atomic E-state index is 0.552.